The first-order valence-electron chi connectivity index (χ1n) is 19.1. The van der Waals surface area contributed by atoms with Gasteiger partial charge in [-0.3, -0.25) is 4.79 Å². The number of ether oxygens (including phenoxy) is 2. The summed E-state index contributed by atoms with van der Waals surface area (Å²) < 4.78 is 43.7. The van der Waals surface area contributed by atoms with Gasteiger partial charge in [0.2, 0.25) is 15.9 Å². The number of amides is 1. The third kappa shape index (κ3) is 10.5. The van der Waals surface area contributed by atoms with Gasteiger partial charge in [-0.2, -0.15) is 4.72 Å². The molecule has 300 valence electrons. The van der Waals surface area contributed by atoms with Crippen LogP contribution >= 0.6 is 23.1 Å². The molecule has 1 aliphatic rings. The minimum absolute atomic E-state index is 0.0259. The summed E-state index contributed by atoms with van der Waals surface area (Å²) in [7, 11) is -3.97. The van der Waals surface area contributed by atoms with Crippen molar-refractivity contribution in [1.82, 2.24) is 20.2 Å². The van der Waals surface area contributed by atoms with Gasteiger partial charge in [-0.25, -0.2) is 8.42 Å². The summed E-state index contributed by atoms with van der Waals surface area (Å²) in [6.07, 6.45) is -0.868. The second-order valence-electron chi connectivity index (χ2n) is 14.4. The van der Waals surface area contributed by atoms with Crippen LogP contribution in [0.15, 0.2) is 137 Å². The van der Waals surface area contributed by atoms with Crippen LogP contribution in [0.2, 0.25) is 0 Å². The van der Waals surface area contributed by atoms with Crippen LogP contribution in [0.4, 0.5) is 0 Å². The summed E-state index contributed by atoms with van der Waals surface area (Å²) in [5.41, 5.74) is 7.22. The highest BCUT2D eigenvalue weighted by Crippen LogP contribution is 2.43. The monoisotopic (exact) mass is 834 g/mol. The molecule has 58 heavy (non-hydrogen) atoms. The van der Waals surface area contributed by atoms with Crippen LogP contribution < -0.4 is 10.0 Å². The van der Waals surface area contributed by atoms with Crippen molar-refractivity contribution < 1.29 is 27.8 Å². The molecule has 6 aromatic rings. The minimum Gasteiger partial charge on any atom is -0.392 e. The summed E-state index contributed by atoms with van der Waals surface area (Å²) in [6.45, 7) is 6.14. The lowest BCUT2D eigenvalue weighted by Gasteiger charge is -2.41. The number of aliphatic hydroxyl groups excluding tert-OH is 1. The Morgan fingerprint density at radius 3 is 2.22 bits per heavy atom. The fraction of sp³-hybridized carbons (Fsp3) is 0.267. The maximum Gasteiger partial charge on any atom is 0.241 e. The number of carbonyl (C=O) groups is 1. The van der Waals surface area contributed by atoms with Crippen molar-refractivity contribution in [3.63, 3.8) is 0 Å². The summed E-state index contributed by atoms with van der Waals surface area (Å²) >= 11 is 3.20. The van der Waals surface area contributed by atoms with Crippen molar-refractivity contribution in [1.29, 1.82) is 0 Å². The van der Waals surface area contributed by atoms with E-state index < -0.39 is 28.3 Å². The third-order valence-electron chi connectivity index (χ3n) is 10.1. The zero-order valence-corrected chi connectivity index (χ0v) is 34.9. The van der Waals surface area contributed by atoms with E-state index in [1.807, 2.05) is 111 Å². The molecule has 0 radical (unpaired) electrons. The number of aromatic nitrogens is 2. The third-order valence-corrected chi connectivity index (χ3v) is 13.7. The Bertz CT molecular complexity index is 2410. The van der Waals surface area contributed by atoms with Crippen LogP contribution in [0, 0.1) is 19.8 Å². The number of sulfonamides is 1. The van der Waals surface area contributed by atoms with Crippen LogP contribution in [0.3, 0.4) is 0 Å². The zero-order chi connectivity index (χ0) is 40.6. The lowest BCUT2D eigenvalue weighted by Crippen LogP contribution is -2.47. The molecule has 1 amide bonds. The van der Waals surface area contributed by atoms with E-state index >= 15 is 0 Å². The van der Waals surface area contributed by atoms with Gasteiger partial charge in [0, 0.05) is 23.8 Å². The number of thioether (sulfide) groups is 1. The molecule has 1 fully saturated rings. The van der Waals surface area contributed by atoms with Crippen molar-refractivity contribution >= 4 is 39.0 Å². The quantitative estimate of drug-likeness (QED) is 0.0876. The predicted molar refractivity (Wildman–Crippen MR) is 227 cm³/mol. The molecule has 3 N–H and O–H groups in total. The van der Waals surface area contributed by atoms with E-state index in [1.165, 1.54) is 0 Å². The summed E-state index contributed by atoms with van der Waals surface area (Å²) in [5.74, 6) is 0.272. The molecular weight excluding hydrogens is 789 g/mol. The molecule has 1 aliphatic heterocycles. The number of hydrogen-bond donors (Lipinski definition) is 3. The molecule has 1 saturated heterocycles. The summed E-state index contributed by atoms with van der Waals surface area (Å²) in [6, 6.07) is 38.7. The Kier molecular flexibility index (Phi) is 13.5. The lowest BCUT2D eigenvalue weighted by atomic mass is 9.91. The summed E-state index contributed by atoms with van der Waals surface area (Å²) in [4.78, 5) is 13.8. The second-order valence-corrected chi connectivity index (χ2v) is 18.6. The van der Waals surface area contributed by atoms with E-state index in [9.17, 15) is 18.3 Å². The summed E-state index contributed by atoms with van der Waals surface area (Å²) in [5, 5.41) is 22.0. The van der Waals surface area contributed by atoms with Gasteiger partial charge < -0.3 is 19.9 Å². The first kappa shape index (κ1) is 41.4. The topological polar surface area (TPSA) is 140 Å². The number of nitrogens with zero attached hydrogens (tertiary/aromatic N) is 2. The van der Waals surface area contributed by atoms with Gasteiger partial charge in [0.05, 0.1) is 23.7 Å². The average molecular weight is 835 g/mol. The lowest BCUT2D eigenvalue weighted by molar-refractivity contribution is -0.268. The number of nitrogens with one attached hydrogen (secondary N) is 2. The molecule has 5 atom stereocenters. The fourth-order valence-corrected chi connectivity index (χ4v) is 10.0. The Labute approximate surface area is 348 Å². The van der Waals surface area contributed by atoms with Crippen molar-refractivity contribution in [3.8, 4) is 11.1 Å². The largest absolute Gasteiger partial charge is 0.392 e. The van der Waals surface area contributed by atoms with Gasteiger partial charge in [-0.15, -0.1) is 10.2 Å². The molecule has 0 bridgehead atoms. The number of aryl methyl sites for hydroxylation is 2. The standard InChI is InChI=1S/C45H46N4O6S3/c1-29-15-21-39(22-16-29)58(52,53)49-40(24-32-9-5-4-6-10-32)43(51)46-26-34-11-7-12-36(23-34)37-13-8-14-38(25-37)44-54-41(28-56-45-48-47-31(3)57-45)30(2)42(55-44)35-19-17-33(27-50)18-20-35/h4-23,25,30,40-42,44,49-50H,24,26-28H2,1-3H3,(H,46,51)/t30-,40-,41+,42+,44+/m1/s1. The van der Waals surface area contributed by atoms with Crippen LogP contribution in [0.25, 0.3) is 11.1 Å². The van der Waals surface area contributed by atoms with E-state index in [-0.39, 0.29) is 42.6 Å². The molecule has 5 aromatic carbocycles. The first-order chi connectivity index (χ1) is 28.0. The van der Waals surface area contributed by atoms with Gasteiger partial charge >= 0.3 is 0 Å². The second kappa shape index (κ2) is 18.9. The molecular formula is C45H46N4O6S3. The SMILES string of the molecule is Cc1ccc(S(=O)(=O)N[C@H](Cc2ccccc2)C(=O)NCc2cccc(-c3cccc([C@H]4O[C@@H](CSc5nnc(C)s5)[C@@H](C)[C@@H](c5ccc(CO)cc5)O4)c3)c2)cc1. The van der Waals surface area contributed by atoms with Gasteiger partial charge in [0.25, 0.3) is 0 Å². The van der Waals surface area contributed by atoms with E-state index in [4.69, 9.17) is 9.47 Å². The number of rotatable bonds is 15. The van der Waals surface area contributed by atoms with E-state index in [0.29, 0.717) is 5.75 Å². The Balaban J connectivity index is 1.08. The molecule has 7 rings (SSSR count). The fourth-order valence-electron chi connectivity index (χ4n) is 6.85. The van der Waals surface area contributed by atoms with E-state index in [0.717, 1.165) is 53.9 Å². The Hall–Kier alpha value is -4.73. The highest BCUT2D eigenvalue weighted by Gasteiger charge is 2.38. The molecule has 0 spiro atoms. The van der Waals surface area contributed by atoms with Gasteiger partial charge in [0.1, 0.15) is 11.0 Å². The van der Waals surface area contributed by atoms with E-state index in [2.05, 4.69) is 33.2 Å². The first-order valence-corrected chi connectivity index (χ1v) is 22.4. The number of hydrogen-bond acceptors (Lipinski definition) is 10. The maximum atomic E-state index is 13.7. The average Bonchev–Trinajstić information content (AvgIpc) is 3.67. The molecule has 0 saturated carbocycles. The number of benzene rings is 5. The smallest absolute Gasteiger partial charge is 0.241 e. The van der Waals surface area contributed by atoms with Crippen LogP contribution in [-0.2, 0) is 43.9 Å². The van der Waals surface area contributed by atoms with Gasteiger partial charge in [-0.1, -0.05) is 139 Å². The van der Waals surface area contributed by atoms with Crippen molar-refractivity contribution in [2.24, 2.45) is 5.92 Å². The van der Waals surface area contributed by atoms with E-state index in [1.54, 1.807) is 47.4 Å². The number of aliphatic hydroxyl groups is 1. The molecule has 2 heterocycles. The predicted octanol–water partition coefficient (Wildman–Crippen LogP) is 8.10. The zero-order valence-electron chi connectivity index (χ0n) is 32.4. The van der Waals surface area contributed by atoms with Crippen LogP contribution in [0.1, 0.15) is 57.7 Å². The van der Waals surface area contributed by atoms with Crippen molar-refractivity contribution in [3.05, 3.63) is 166 Å². The molecule has 13 heteroatoms. The Morgan fingerprint density at radius 2 is 1.52 bits per heavy atom. The number of carbonyl (C=O) groups excluding carboxylic acids is 1. The highest BCUT2D eigenvalue weighted by molar-refractivity contribution is 8.01. The van der Waals surface area contributed by atoms with Crippen LogP contribution in [-0.4, -0.2) is 47.5 Å². The minimum atomic E-state index is -3.97. The normalized spacial score (nSPS) is 18.8. The molecule has 0 unspecified atom stereocenters. The van der Waals surface area contributed by atoms with Gasteiger partial charge in [-0.05, 0) is 77.9 Å². The Morgan fingerprint density at radius 1 is 0.810 bits per heavy atom. The maximum absolute atomic E-state index is 13.7. The van der Waals surface area contributed by atoms with Gasteiger partial charge in [0.15, 0.2) is 10.6 Å². The molecule has 0 aliphatic carbocycles. The highest BCUT2D eigenvalue weighted by atomic mass is 32.2. The molecule has 10 nitrogen and oxygen atoms in total. The van der Waals surface area contributed by atoms with Crippen molar-refractivity contribution in [2.45, 2.75) is 74.1 Å². The van der Waals surface area contributed by atoms with Crippen LogP contribution in [0.5, 0.6) is 0 Å². The molecule has 1 aromatic heterocycles. The van der Waals surface area contributed by atoms with Crippen molar-refractivity contribution in [2.75, 3.05) is 5.75 Å².